The number of hydrogen-bond donors (Lipinski definition) is 0. The van der Waals surface area contributed by atoms with Crippen molar-refractivity contribution in [1.29, 1.82) is 0 Å². The van der Waals surface area contributed by atoms with E-state index < -0.39 is 5.54 Å². The molecule has 4 nitrogen and oxygen atoms in total. The number of carbonyl (C=O) groups excluding carboxylic acids is 2. The number of rotatable bonds is 3. The summed E-state index contributed by atoms with van der Waals surface area (Å²) in [7, 11) is 1.81. The largest absolute Gasteiger partial charge is 0.343 e. The van der Waals surface area contributed by atoms with Gasteiger partial charge in [-0.2, -0.15) is 0 Å². The topological polar surface area (TPSA) is 40.6 Å². The van der Waals surface area contributed by atoms with Crippen LogP contribution in [0.1, 0.15) is 24.2 Å². The SMILES string of the molecule is CN1CCN(CC(=O)c2ccc(I)cc2)C(C)(C)C1=O. The lowest BCUT2D eigenvalue weighted by molar-refractivity contribution is -0.146. The molecule has 0 radical (unpaired) electrons. The van der Waals surface area contributed by atoms with Gasteiger partial charge in [-0.3, -0.25) is 14.5 Å². The van der Waals surface area contributed by atoms with Crippen molar-refractivity contribution in [3.63, 3.8) is 0 Å². The first kappa shape index (κ1) is 15.4. The fraction of sp³-hybridized carbons (Fsp3) is 0.467. The number of halogens is 1. The summed E-state index contributed by atoms with van der Waals surface area (Å²) in [4.78, 5) is 28.2. The first-order valence-electron chi connectivity index (χ1n) is 6.62. The van der Waals surface area contributed by atoms with Crippen LogP contribution in [0.5, 0.6) is 0 Å². The highest BCUT2D eigenvalue weighted by molar-refractivity contribution is 14.1. The van der Waals surface area contributed by atoms with Crippen molar-refractivity contribution in [2.75, 3.05) is 26.7 Å². The Balaban J connectivity index is 2.11. The maximum Gasteiger partial charge on any atom is 0.242 e. The lowest BCUT2D eigenvalue weighted by Gasteiger charge is -2.44. The van der Waals surface area contributed by atoms with Crippen LogP contribution in [0.2, 0.25) is 0 Å². The molecule has 1 aliphatic rings. The zero-order chi connectivity index (χ0) is 14.9. The van der Waals surface area contributed by atoms with Crippen molar-refractivity contribution in [3.8, 4) is 0 Å². The molecule has 1 fully saturated rings. The lowest BCUT2D eigenvalue weighted by atomic mass is 9.96. The van der Waals surface area contributed by atoms with Crippen molar-refractivity contribution in [2.24, 2.45) is 0 Å². The summed E-state index contributed by atoms with van der Waals surface area (Å²) >= 11 is 2.21. The van der Waals surface area contributed by atoms with Gasteiger partial charge < -0.3 is 4.90 Å². The quantitative estimate of drug-likeness (QED) is 0.590. The van der Waals surface area contributed by atoms with Gasteiger partial charge in [0.15, 0.2) is 5.78 Å². The minimum Gasteiger partial charge on any atom is -0.343 e. The number of hydrogen-bond acceptors (Lipinski definition) is 3. The summed E-state index contributed by atoms with van der Waals surface area (Å²) in [5.41, 5.74) is 0.0823. The molecule has 0 unspecified atom stereocenters. The van der Waals surface area contributed by atoms with Crippen molar-refractivity contribution in [2.45, 2.75) is 19.4 Å². The van der Waals surface area contributed by atoms with Crippen LogP contribution >= 0.6 is 22.6 Å². The molecule has 1 saturated heterocycles. The van der Waals surface area contributed by atoms with E-state index in [1.165, 1.54) is 0 Å². The Bertz CT molecular complexity index is 525. The fourth-order valence-corrected chi connectivity index (χ4v) is 2.79. The van der Waals surface area contributed by atoms with Gasteiger partial charge >= 0.3 is 0 Å². The van der Waals surface area contributed by atoms with E-state index >= 15 is 0 Å². The minimum absolute atomic E-state index is 0.0619. The number of amides is 1. The van der Waals surface area contributed by atoms with Crippen LogP contribution in [0.15, 0.2) is 24.3 Å². The Morgan fingerprint density at radius 2 is 1.85 bits per heavy atom. The molecular weight excluding hydrogens is 367 g/mol. The molecule has 1 amide bonds. The predicted molar refractivity (Wildman–Crippen MR) is 86.8 cm³/mol. The van der Waals surface area contributed by atoms with Crippen LogP contribution in [0.4, 0.5) is 0 Å². The average Bonchev–Trinajstić information content (AvgIpc) is 2.40. The van der Waals surface area contributed by atoms with Crippen LogP contribution in [0, 0.1) is 3.57 Å². The normalized spacial score (nSPS) is 19.2. The highest BCUT2D eigenvalue weighted by Crippen LogP contribution is 2.22. The van der Waals surface area contributed by atoms with E-state index in [2.05, 4.69) is 22.6 Å². The van der Waals surface area contributed by atoms with Crippen molar-refractivity contribution >= 4 is 34.3 Å². The Morgan fingerprint density at radius 3 is 2.45 bits per heavy atom. The van der Waals surface area contributed by atoms with Crippen LogP contribution < -0.4 is 0 Å². The van der Waals surface area contributed by atoms with E-state index in [9.17, 15) is 9.59 Å². The summed E-state index contributed by atoms with van der Waals surface area (Å²) in [6, 6.07) is 7.53. The zero-order valence-corrected chi connectivity index (χ0v) is 14.2. The number of ketones is 1. The molecule has 0 spiro atoms. The van der Waals surface area contributed by atoms with Crippen molar-refractivity contribution < 1.29 is 9.59 Å². The van der Waals surface area contributed by atoms with Gasteiger partial charge in [-0.15, -0.1) is 0 Å². The second kappa shape index (κ2) is 5.81. The summed E-state index contributed by atoms with van der Waals surface area (Å²) in [6.45, 7) is 5.44. The van der Waals surface area contributed by atoms with E-state index in [-0.39, 0.29) is 18.2 Å². The summed E-state index contributed by atoms with van der Waals surface area (Å²) in [6.07, 6.45) is 0. The van der Waals surface area contributed by atoms with E-state index in [4.69, 9.17) is 0 Å². The van der Waals surface area contributed by atoms with E-state index in [1.807, 2.05) is 50.1 Å². The maximum atomic E-state index is 12.3. The number of carbonyl (C=O) groups is 2. The van der Waals surface area contributed by atoms with Gasteiger partial charge in [0.25, 0.3) is 0 Å². The number of nitrogens with zero attached hydrogens (tertiary/aromatic N) is 2. The summed E-state index contributed by atoms with van der Waals surface area (Å²) < 4.78 is 1.11. The van der Waals surface area contributed by atoms with Gasteiger partial charge in [-0.25, -0.2) is 0 Å². The monoisotopic (exact) mass is 386 g/mol. The number of likely N-dealkylation sites (N-methyl/N-ethyl adjacent to an activating group) is 1. The van der Waals surface area contributed by atoms with Crippen molar-refractivity contribution in [3.05, 3.63) is 33.4 Å². The summed E-state index contributed by atoms with van der Waals surface area (Å²) in [5.74, 6) is 0.131. The number of piperazine rings is 1. The van der Waals surface area contributed by atoms with E-state index in [1.54, 1.807) is 4.90 Å². The van der Waals surface area contributed by atoms with Crippen LogP contribution in [-0.2, 0) is 4.79 Å². The average molecular weight is 386 g/mol. The molecule has 1 aliphatic heterocycles. The lowest BCUT2D eigenvalue weighted by Crippen LogP contribution is -2.62. The molecule has 0 saturated carbocycles. The highest BCUT2D eigenvalue weighted by atomic mass is 127. The minimum atomic E-state index is -0.619. The molecule has 20 heavy (non-hydrogen) atoms. The van der Waals surface area contributed by atoms with Gasteiger partial charge in [0.05, 0.1) is 12.1 Å². The zero-order valence-electron chi connectivity index (χ0n) is 12.0. The van der Waals surface area contributed by atoms with Crippen LogP contribution in [-0.4, -0.2) is 53.7 Å². The second-order valence-corrected chi connectivity index (χ2v) is 6.88. The van der Waals surface area contributed by atoms with E-state index in [0.717, 1.165) is 10.1 Å². The van der Waals surface area contributed by atoms with Gasteiger partial charge in [-0.1, -0.05) is 12.1 Å². The Hall–Kier alpha value is -0.950. The molecule has 0 bridgehead atoms. The first-order chi connectivity index (χ1) is 9.32. The van der Waals surface area contributed by atoms with Crippen LogP contribution in [0.25, 0.3) is 0 Å². The third-order valence-corrected chi connectivity index (χ3v) is 4.59. The van der Waals surface area contributed by atoms with Gasteiger partial charge in [0.1, 0.15) is 0 Å². The maximum absolute atomic E-state index is 12.3. The van der Waals surface area contributed by atoms with Gasteiger partial charge in [-0.05, 0) is 48.6 Å². The molecule has 0 N–H and O–H groups in total. The molecule has 1 aromatic carbocycles. The molecule has 1 heterocycles. The molecule has 0 aromatic heterocycles. The molecule has 1 aromatic rings. The molecule has 5 heteroatoms. The Kier molecular flexibility index (Phi) is 4.49. The fourth-order valence-electron chi connectivity index (χ4n) is 2.43. The predicted octanol–water partition coefficient (Wildman–Crippen LogP) is 2.03. The van der Waals surface area contributed by atoms with E-state index in [0.29, 0.717) is 12.1 Å². The molecule has 0 aliphatic carbocycles. The number of Topliss-reactive ketones (excluding diaryl/α,β-unsaturated/α-hetero) is 1. The summed E-state index contributed by atoms with van der Waals surface area (Å²) in [5, 5.41) is 0. The number of benzene rings is 1. The Morgan fingerprint density at radius 1 is 1.25 bits per heavy atom. The van der Waals surface area contributed by atoms with Gasteiger partial charge in [0, 0.05) is 29.3 Å². The third kappa shape index (κ3) is 3.03. The standard InChI is InChI=1S/C15H19IN2O2/c1-15(2)14(20)17(3)8-9-18(15)10-13(19)11-4-6-12(16)7-5-11/h4-7H,8-10H2,1-3H3. The van der Waals surface area contributed by atoms with Gasteiger partial charge in [0.2, 0.25) is 5.91 Å². The first-order valence-corrected chi connectivity index (χ1v) is 7.69. The Labute approximate surface area is 133 Å². The molecule has 2 rings (SSSR count). The molecule has 108 valence electrons. The second-order valence-electron chi connectivity index (χ2n) is 5.64. The molecular formula is C15H19IN2O2. The smallest absolute Gasteiger partial charge is 0.242 e. The third-order valence-electron chi connectivity index (χ3n) is 3.87. The molecule has 0 atom stereocenters. The highest BCUT2D eigenvalue weighted by Gasteiger charge is 2.40. The van der Waals surface area contributed by atoms with Crippen LogP contribution in [0.3, 0.4) is 0 Å². The van der Waals surface area contributed by atoms with Crippen molar-refractivity contribution in [1.82, 2.24) is 9.80 Å².